The molecule has 6 heteroatoms. The molecule has 1 aliphatic heterocycles. The van der Waals surface area contributed by atoms with Gasteiger partial charge in [0.25, 0.3) is 11.8 Å². The summed E-state index contributed by atoms with van der Waals surface area (Å²) >= 11 is 6.05. The highest BCUT2D eigenvalue weighted by molar-refractivity contribution is 6.33. The maximum atomic E-state index is 12.5. The van der Waals surface area contributed by atoms with Crippen molar-refractivity contribution in [1.82, 2.24) is 9.80 Å². The van der Waals surface area contributed by atoms with Gasteiger partial charge in [-0.25, -0.2) is 0 Å². The van der Waals surface area contributed by atoms with E-state index in [4.69, 9.17) is 11.6 Å². The summed E-state index contributed by atoms with van der Waals surface area (Å²) < 4.78 is 0. The van der Waals surface area contributed by atoms with E-state index >= 15 is 0 Å². The van der Waals surface area contributed by atoms with Gasteiger partial charge in [-0.2, -0.15) is 0 Å². The number of carbonyl (C=O) groups is 2. The van der Waals surface area contributed by atoms with Gasteiger partial charge in [-0.15, -0.1) is 0 Å². The van der Waals surface area contributed by atoms with Gasteiger partial charge in [0.1, 0.15) is 0 Å². The van der Waals surface area contributed by atoms with Crippen molar-refractivity contribution in [2.24, 2.45) is 0 Å². The maximum absolute atomic E-state index is 12.5. The van der Waals surface area contributed by atoms with Gasteiger partial charge < -0.3 is 15.1 Å². The molecule has 25 heavy (non-hydrogen) atoms. The minimum atomic E-state index is -0.258. The Balaban J connectivity index is 1.66. The highest BCUT2D eigenvalue weighted by Crippen LogP contribution is 2.21. The molecule has 0 saturated carbocycles. The normalized spacial score (nSPS) is 15.0. The second-order valence-corrected chi connectivity index (χ2v) is 6.51. The minimum Gasteiger partial charge on any atom is -0.336 e. The van der Waals surface area contributed by atoms with E-state index < -0.39 is 0 Å². The van der Waals surface area contributed by atoms with Crippen molar-refractivity contribution in [2.75, 3.05) is 38.5 Å². The fraction of sp³-hybridized carbons (Fsp3) is 0.263. The molecule has 5 nitrogen and oxygen atoms in total. The van der Waals surface area contributed by atoms with Crippen molar-refractivity contribution in [3.05, 3.63) is 64.7 Å². The Labute approximate surface area is 152 Å². The van der Waals surface area contributed by atoms with Crippen LogP contribution in [0.4, 0.5) is 5.69 Å². The van der Waals surface area contributed by atoms with E-state index in [0.29, 0.717) is 21.8 Å². The van der Waals surface area contributed by atoms with Crippen LogP contribution in [0.5, 0.6) is 0 Å². The lowest BCUT2D eigenvalue weighted by Gasteiger charge is -2.32. The van der Waals surface area contributed by atoms with Gasteiger partial charge in [0.05, 0.1) is 10.7 Å². The van der Waals surface area contributed by atoms with E-state index in [1.807, 2.05) is 11.9 Å². The van der Waals surface area contributed by atoms with E-state index in [9.17, 15) is 9.59 Å². The van der Waals surface area contributed by atoms with Crippen LogP contribution in [-0.4, -0.2) is 54.8 Å². The molecule has 0 unspecified atom stereocenters. The first kappa shape index (κ1) is 17.5. The first-order valence-electron chi connectivity index (χ1n) is 8.18. The molecule has 1 N–H and O–H groups in total. The number of likely N-dealkylation sites (N-methyl/N-ethyl adjacent to an activating group) is 1. The summed E-state index contributed by atoms with van der Waals surface area (Å²) in [5.41, 5.74) is 1.64. The summed E-state index contributed by atoms with van der Waals surface area (Å²) in [6, 6.07) is 13.8. The predicted molar refractivity (Wildman–Crippen MR) is 99.2 cm³/mol. The molecule has 0 aliphatic carbocycles. The van der Waals surface area contributed by atoms with Crippen LogP contribution in [0.2, 0.25) is 5.02 Å². The Kier molecular flexibility index (Phi) is 5.36. The zero-order chi connectivity index (χ0) is 17.8. The smallest absolute Gasteiger partial charge is 0.255 e. The molecular formula is C19H20ClN3O2. The van der Waals surface area contributed by atoms with E-state index in [1.54, 1.807) is 48.5 Å². The van der Waals surface area contributed by atoms with E-state index in [2.05, 4.69) is 10.2 Å². The summed E-state index contributed by atoms with van der Waals surface area (Å²) in [7, 11) is 2.05. The van der Waals surface area contributed by atoms with Crippen molar-refractivity contribution >= 4 is 29.1 Å². The SMILES string of the molecule is CN1CCN(C(=O)c2ccc(C(=O)Nc3ccccc3Cl)cc2)CC1. The van der Waals surface area contributed by atoms with Crippen molar-refractivity contribution in [2.45, 2.75) is 0 Å². The molecule has 2 aromatic carbocycles. The molecule has 0 bridgehead atoms. The van der Waals surface area contributed by atoms with E-state index in [-0.39, 0.29) is 11.8 Å². The van der Waals surface area contributed by atoms with Crippen molar-refractivity contribution in [1.29, 1.82) is 0 Å². The van der Waals surface area contributed by atoms with Crippen LogP contribution in [-0.2, 0) is 0 Å². The molecule has 2 amide bonds. The molecule has 2 aromatic rings. The minimum absolute atomic E-state index is 0.00571. The second-order valence-electron chi connectivity index (χ2n) is 6.11. The lowest BCUT2D eigenvalue weighted by Crippen LogP contribution is -2.47. The van der Waals surface area contributed by atoms with Crippen molar-refractivity contribution < 1.29 is 9.59 Å². The van der Waals surface area contributed by atoms with Gasteiger partial charge in [-0.05, 0) is 43.4 Å². The molecule has 0 radical (unpaired) electrons. The molecule has 1 fully saturated rings. The second kappa shape index (κ2) is 7.68. The Bertz CT molecular complexity index is 768. The number of carbonyl (C=O) groups excluding carboxylic acids is 2. The van der Waals surface area contributed by atoms with Gasteiger partial charge >= 0.3 is 0 Å². The number of nitrogens with zero attached hydrogens (tertiary/aromatic N) is 2. The van der Waals surface area contributed by atoms with Gasteiger partial charge in [-0.3, -0.25) is 9.59 Å². The Morgan fingerprint density at radius 2 is 1.52 bits per heavy atom. The standard InChI is InChI=1S/C19H20ClN3O2/c1-22-10-12-23(13-11-22)19(25)15-8-6-14(7-9-15)18(24)21-17-5-3-2-4-16(17)20/h2-9H,10-13H2,1H3,(H,21,24). The Morgan fingerprint density at radius 1 is 0.920 bits per heavy atom. The molecule has 0 spiro atoms. The topological polar surface area (TPSA) is 52.7 Å². The number of piperazine rings is 1. The summed E-state index contributed by atoms with van der Waals surface area (Å²) in [5, 5.41) is 3.26. The number of nitrogens with one attached hydrogen (secondary N) is 1. The fourth-order valence-corrected chi connectivity index (χ4v) is 2.90. The first-order chi connectivity index (χ1) is 12.0. The van der Waals surface area contributed by atoms with E-state index in [1.165, 1.54) is 0 Å². The summed E-state index contributed by atoms with van der Waals surface area (Å²) in [5.74, 6) is -0.252. The lowest BCUT2D eigenvalue weighted by molar-refractivity contribution is 0.0664. The summed E-state index contributed by atoms with van der Waals surface area (Å²) in [6.07, 6.45) is 0. The molecule has 1 heterocycles. The monoisotopic (exact) mass is 357 g/mol. The third-order valence-electron chi connectivity index (χ3n) is 4.31. The van der Waals surface area contributed by atoms with Crippen LogP contribution in [0.3, 0.4) is 0 Å². The third-order valence-corrected chi connectivity index (χ3v) is 4.64. The fourth-order valence-electron chi connectivity index (χ4n) is 2.71. The van der Waals surface area contributed by atoms with Crippen LogP contribution < -0.4 is 5.32 Å². The predicted octanol–water partition coefficient (Wildman–Crippen LogP) is 2.98. The van der Waals surface area contributed by atoms with Crippen LogP contribution in [0.1, 0.15) is 20.7 Å². The molecular weight excluding hydrogens is 338 g/mol. The molecule has 1 saturated heterocycles. The lowest BCUT2D eigenvalue weighted by atomic mass is 10.1. The third kappa shape index (κ3) is 4.18. The molecule has 130 valence electrons. The number of hydrogen-bond donors (Lipinski definition) is 1. The summed E-state index contributed by atoms with van der Waals surface area (Å²) in [6.45, 7) is 3.21. The number of anilines is 1. The number of halogens is 1. The van der Waals surface area contributed by atoms with Crippen molar-refractivity contribution in [3.8, 4) is 0 Å². The Morgan fingerprint density at radius 3 is 2.16 bits per heavy atom. The van der Waals surface area contributed by atoms with Crippen LogP contribution >= 0.6 is 11.6 Å². The average molecular weight is 358 g/mol. The van der Waals surface area contributed by atoms with Gasteiger partial charge in [0.15, 0.2) is 0 Å². The maximum Gasteiger partial charge on any atom is 0.255 e. The zero-order valence-corrected chi connectivity index (χ0v) is 14.8. The van der Waals surface area contributed by atoms with Crippen LogP contribution in [0.25, 0.3) is 0 Å². The Hall–Kier alpha value is -2.37. The number of amides is 2. The van der Waals surface area contributed by atoms with Gasteiger partial charge in [0.2, 0.25) is 0 Å². The first-order valence-corrected chi connectivity index (χ1v) is 8.56. The zero-order valence-electron chi connectivity index (χ0n) is 14.0. The number of para-hydroxylation sites is 1. The average Bonchev–Trinajstić information content (AvgIpc) is 2.64. The molecule has 3 rings (SSSR count). The molecule has 0 atom stereocenters. The van der Waals surface area contributed by atoms with Crippen LogP contribution in [0, 0.1) is 0 Å². The number of benzene rings is 2. The quantitative estimate of drug-likeness (QED) is 0.918. The van der Waals surface area contributed by atoms with Gasteiger partial charge in [0, 0.05) is 37.3 Å². The number of hydrogen-bond acceptors (Lipinski definition) is 3. The van der Waals surface area contributed by atoms with Crippen LogP contribution in [0.15, 0.2) is 48.5 Å². The largest absolute Gasteiger partial charge is 0.336 e. The highest BCUT2D eigenvalue weighted by Gasteiger charge is 2.20. The number of rotatable bonds is 3. The van der Waals surface area contributed by atoms with E-state index in [0.717, 1.165) is 26.2 Å². The molecule has 0 aromatic heterocycles. The summed E-state index contributed by atoms with van der Waals surface area (Å²) in [4.78, 5) is 28.9. The highest BCUT2D eigenvalue weighted by atomic mass is 35.5. The van der Waals surface area contributed by atoms with Crippen molar-refractivity contribution in [3.63, 3.8) is 0 Å². The molecule has 1 aliphatic rings. The van der Waals surface area contributed by atoms with Gasteiger partial charge in [-0.1, -0.05) is 23.7 Å².